The second kappa shape index (κ2) is 5.33. The van der Waals surface area contributed by atoms with Gasteiger partial charge in [0.1, 0.15) is 0 Å². The van der Waals surface area contributed by atoms with E-state index in [-0.39, 0.29) is 23.9 Å². The van der Waals surface area contributed by atoms with Crippen molar-refractivity contribution in [2.75, 3.05) is 5.32 Å². The Kier molecular flexibility index (Phi) is 3.94. The van der Waals surface area contributed by atoms with Crippen LogP contribution in [0.2, 0.25) is 0 Å². The number of carbonyl (C=O) groups is 1. The minimum atomic E-state index is -0.0544. The van der Waals surface area contributed by atoms with Gasteiger partial charge in [-0.1, -0.05) is 6.42 Å². The van der Waals surface area contributed by atoms with E-state index in [0.29, 0.717) is 0 Å². The third-order valence-corrected chi connectivity index (χ3v) is 3.97. The van der Waals surface area contributed by atoms with Crippen molar-refractivity contribution in [2.45, 2.75) is 59.0 Å². The molecule has 0 bridgehead atoms. The zero-order valence-corrected chi connectivity index (χ0v) is 12.2. The number of aromatic nitrogens is 2. The molecule has 0 spiro atoms. The molecule has 2 atom stereocenters. The molecule has 2 unspecified atom stereocenters. The van der Waals surface area contributed by atoms with Gasteiger partial charge in [-0.15, -0.1) is 0 Å². The van der Waals surface area contributed by atoms with Gasteiger partial charge in [0.15, 0.2) is 0 Å². The van der Waals surface area contributed by atoms with Crippen LogP contribution >= 0.6 is 0 Å². The smallest absolute Gasteiger partial charge is 0.229 e. The van der Waals surface area contributed by atoms with E-state index in [2.05, 4.69) is 24.3 Å². The molecule has 1 amide bonds. The van der Waals surface area contributed by atoms with Crippen molar-refractivity contribution in [3.8, 4) is 0 Å². The monoisotopic (exact) mass is 264 g/mol. The van der Waals surface area contributed by atoms with Crippen molar-refractivity contribution >= 4 is 11.6 Å². The predicted octanol–water partition coefficient (Wildman–Crippen LogP) is 2.15. The molecule has 1 aromatic heterocycles. The summed E-state index contributed by atoms with van der Waals surface area (Å²) in [6.07, 6.45) is 2.88. The number of nitrogens with zero attached hydrogens (tertiary/aromatic N) is 2. The number of aryl methyl sites for hydroxylation is 1. The Morgan fingerprint density at radius 1 is 1.42 bits per heavy atom. The minimum absolute atomic E-state index is 0.000700. The van der Waals surface area contributed by atoms with E-state index < -0.39 is 0 Å². The molecule has 1 aromatic rings. The number of nitrogens with one attached hydrogen (secondary N) is 1. The van der Waals surface area contributed by atoms with E-state index in [4.69, 9.17) is 5.73 Å². The van der Waals surface area contributed by atoms with E-state index >= 15 is 0 Å². The Morgan fingerprint density at radius 2 is 2.11 bits per heavy atom. The lowest BCUT2D eigenvalue weighted by Gasteiger charge is -2.15. The molecule has 0 radical (unpaired) electrons. The molecule has 5 heteroatoms. The first-order valence-corrected chi connectivity index (χ1v) is 7.04. The topological polar surface area (TPSA) is 72.9 Å². The van der Waals surface area contributed by atoms with E-state index in [0.717, 1.165) is 36.3 Å². The molecule has 0 saturated heterocycles. The molecule has 2 rings (SSSR count). The highest BCUT2D eigenvalue weighted by atomic mass is 16.2. The number of carbonyl (C=O) groups excluding carboxylic acids is 1. The standard InChI is InChI=1S/C14H24N4O/c1-8(2)18-10(4)13(9(3)17-18)16-14(19)11-6-5-7-12(11)15/h8,11-12H,5-7,15H2,1-4H3,(H,16,19). The second-order valence-electron chi connectivity index (χ2n) is 5.77. The van der Waals surface area contributed by atoms with Crippen molar-refractivity contribution in [3.05, 3.63) is 11.4 Å². The lowest BCUT2D eigenvalue weighted by atomic mass is 10.0. The Bertz CT molecular complexity index is 478. The number of amides is 1. The molecule has 1 aliphatic rings. The van der Waals surface area contributed by atoms with E-state index in [9.17, 15) is 4.79 Å². The SMILES string of the molecule is Cc1nn(C(C)C)c(C)c1NC(=O)C1CCCC1N. The van der Waals surface area contributed by atoms with Gasteiger partial charge in [0.05, 0.1) is 23.0 Å². The Morgan fingerprint density at radius 3 is 2.58 bits per heavy atom. The molecule has 0 aromatic carbocycles. The number of rotatable bonds is 3. The average molecular weight is 264 g/mol. The van der Waals surface area contributed by atoms with Crippen LogP contribution in [0.4, 0.5) is 5.69 Å². The summed E-state index contributed by atoms with van der Waals surface area (Å²) in [5, 5.41) is 7.50. The zero-order chi connectivity index (χ0) is 14.2. The number of nitrogens with two attached hydrogens (primary N) is 1. The maximum Gasteiger partial charge on any atom is 0.229 e. The fourth-order valence-corrected chi connectivity index (χ4v) is 2.88. The highest BCUT2D eigenvalue weighted by molar-refractivity contribution is 5.94. The van der Waals surface area contributed by atoms with Crippen LogP contribution < -0.4 is 11.1 Å². The van der Waals surface area contributed by atoms with Crippen molar-refractivity contribution in [2.24, 2.45) is 11.7 Å². The van der Waals surface area contributed by atoms with Gasteiger partial charge in [-0.05, 0) is 40.5 Å². The van der Waals surface area contributed by atoms with Gasteiger partial charge in [0.25, 0.3) is 0 Å². The van der Waals surface area contributed by atoms with Gasteiger partial charge in [0, 0.05) is 12.1 Å². The van der Waals surface area contributed by atoms with E-state index in [1.165, 1.54) is 0 Å². The van der Waals surface area contributed by atoms with Crippen molar-refractivity contribution in [1.29, 1.82) is 0 Å². The first kappa shape index (κ1) is 14.1. The average Bonchev–Trinajstić information content (AvgIpc) is 2.87. The van der Waals surface area contributed by atoms with Crippen LogP contribution in [0.5, 0.6) is 0 Å². The molecule has 1 aliphatic carbocycles. The van der Waals surface area contributed by atoms with Crippen LogP contribution in [0, 0.1) is 19.8 Å². The number of hydrogen-bond donors (Lipinski definition) is 2. The third-order valence-electron chi connectivity index (χ3n) is 3.97. The predicted molar refractivity (Wildman–Crippen MR) is 76.0 cm³/mol. The number of anilines is 1. The summed E-state index contributed by atoms with van der Waals surface area (Å²) < 4.78 is 1.94. The first-order chi connectivity index (χ1) is 8.91. The van der Waals surface area contributed by atoms with E-state index in [1.54, 1.807) is 0 Å². The summed E-state index contributed by atoms with van der Waals surface area (Å²) in [5.74, 6) is -0.0132. The molecular weight excluding hydrogens is 240 g/mol. The fourth-order valence-electron chi connectivity index (χ4n) is 2.88. The molecule has 106 valence electrons. The van der Waals surface area contributed by atoms with E-state index in [1.807, 2.05) is 18.5 Å². The van der Waals surface area contributed by atoms with Gasteiger partial charge >= 0.3 is 0 Å². The number of hydrogen-bond acceptors (Lipinski definition) is 3. The highest BCUT2D eigenvalue weighted by Gasteiger charge is 2.31. The summed E-state index contributed by atoms with van der Waals surface area (Å²) in [6.45, 7) is 8.08. The fraction of sp³-hybridized carbons (Fsp3) is 0.714. The largest absolute Gasteiger partial charge is 0.327 e. The van der Waals surface area contributed by atoms with Crippen LogP contribution in [-0.2, 0) is 4.79 Å². The molecule has 0 aliphatic heterocycles. The van der Waals surface area contributed by atoms with Gasteiger partial charge in [-0.2, -0.15) is 5.10 Å². The third kappa shape index (κ3) is 2.66. The Balaban J connectivity index is 2.17. The molecular formula is C14H24N4O. The zero-order valence-electron chi connectivity index (χ0n) is 12.2. The molecule has 19 heavy (non-hydrogen) atoms. The molecule has 1 fully saturated rings. The summed E-state index contributed by atoms with van der Waals surface area (Å²) in [7, 11) is 0. The van der Waals surface area contributed by atoms with Gasteiger partial charge in [-0.25, -0.2) is 0 Å². The van der Waals surface area contributed by atoms with Crippen molar-refractivity contribution < 1.29 is 4.79 Å². The second-order valence-corrected chi connectivity index (χ2v) is 5.77. The maximum atomic E-state index is 12.3. The lowest BCUT2D eigenvalue weighted by molar-refractivity contribution is -0.120. The molecule has 1 saturated carbocycles. The van der Waals surface area contributed by atoms with Gasteiger partial charge < -0.3 is 11.1 Å². The van der Waals surface area contributed by atoms with Crippen LogP contribution in [0.25, 0.3) is 0 Å². The van der Waals surface area contributed by atoms with Crippen molar-refractivity contribution in [1.82, 2.24) is 9.78 Å². The molecule has 5 nitrogen and oxygen atoms in total. The lowest BCUT2D eigenvalue weighted by Crippen LogP contribution is -2.34. The maximum absolute atomic E-state index is 12.3. The van der Waals surface area contributed by atoms with Crippen LogP contribution in [0.15, 0.2) is 0 Å². The summed E-state index contributed by atoms with van der Waals surface area (Å²) in [5.41, 5.74) is 8.70. The van der Waals surface area contributed by atoms with Gasteiger partial charge in [0.2, 0.25) is 5.91 Å². The summed E-state index contributed by atoms with van der Waals surface area (Å²) in [4.78, 5) is 12.3. The highest BCUT2D eigenvalue weighted by Crippen LogP contribution is 2.28. The van der Waals surface area contributed by atoms with Crippen LogP contribution in [-0.4, -0.2) is 21.7 Å². The molecule has 3 N–H and O–H groups in total. The van der Waals surface area contributed by atoms with Crippen LogP contribution in [0.3, 0.4) is 0 Å². The molecule has 1 heterocycles. The normalized spacial score (nSPS) is 23.1. The summed E-state index contributed by atoms with van der Waals surface area (Å²) >= 11 is 0. The Hall–Kier alpha value is -1.36. The summed E-state index contributed by atoms with van der Waals surface area (Å²) in [6, 6.07) is 0.291. The van der Waals surface area contributed by atoms with Crippen LogP contribution in [0.1, 0.15) is 50.5 Å². The van der Waals surface area contributed by atoms with Crippen molar-refractivity contribution in [3.63, 3.8) is 0 Å². The Labute approximate surface area is 114 Å². The first-order valence-electron chi connectivity index (χ1n) is 7.04. The van der Waals surface area contributed by atoms with Gasteiger partial charge in [-0.3, -0.25) is 9.48 Å². The minimum Gasteiger partial charge on any atom is -0.327 e. The quantitative estimate of drug-likeness (QED) is 0.878.